The van der Waals surface area contributed by atoms with Crippen molar-refractivity contribution in [3.8, 4) is 0 Å². The predicted octanol–water partition coefficient (Wildman–Crippen LogP) is 2.59. The number of carbonyl (C=O) groups is 1. The molecular weight excluding hydrogens is 270 g/mol. The summed E-state index contributed by atoms with van der Waals surface area (Å²) in [6.45, 7) is 0.617. The van der Waals surface area contributed by atoms with Gasteiger partial charge in [0.15, 0.2) is 0 Å². The normalized spacial score (nSPS) is 22.4. The van der Waals surface area contributed by atoms with Crippen LogP contribution in [0.15, 0.2) is 30.3 Å². The monoisotopic (exact) mass is 293 g/mol. The van der Waals surface area contributed by atoms with E-state index in [9.17, 15) is 9.90 Å². The zero-order valence-corrected chi connectivity index (χ0v) is 12.6. The predicted molar refractivity (Wildman–Crippen MR) is 83.6 cm³/mol. The lowest BCUT2D eigenvalue weighted by atomic mass is 9.86. The third-order valence-electron chi connectivity index (χ3n) is 3.78. The van der Waals surface area contributed by atoms with Crippen LogP contribution in [0.5, 0.6) is 0 Å². The molecule has 0 radical (unpaired) electrons. The number of aliphatic hydroxyl groups is 1. The van der Waals surface area contributed by atoms with E-state index in [1.165, 1.54) is 12.0 Å². The lowest BCUT2D eigenvalue weighted by molar-refractivity contribution is -0.119. The van der Waals surface area contributed by atoms with Crippen LogP contribution in [0.2, 0.25) is 0 Å². The number of hydrogen-bond acceptors (Lipinski definition) is 3. The summed E-state index contributed by atoms with van der Waals surface area (Å²) in [5.74, 6) is 1.66. The summed E-state index contributed by atoms with van der Waals surface area (Å²) in [5.41, 5.74) is 1.24. The van der Waals surface area contributed by atoms with Crippen LogP contribution in [0, 0.1) is 5.92 Å². The van der Waals surface area contributed by atoms with Crippen molar-refractivity contribution < 1.29 is 9.90 Å². The molecule has 1 fully saturated rings. The molecule has 4 heteroatoms. The van der Waals surface area contributed by atoms with Crippen LogP contribution < -0.4 is 5.32 Å². The van der Waals surface area contributed by atoms with Crippen LogP contribution in [-0.2, 0) is 10.5 Å². The van der Waals surface area contributed by atoms with Crippen LogP contribution in [0.25, 0.3) is 0 Å². The van der Waals surface area contributed by atoms with Crippen molar-refractivity contribution in [1.29, 1.82) is 0 Å². The highest BCUT2D eigenvalue weighted by atomic mass is 32.2. The van der Waals surface area contributed by atoms with E-state index in [4.69, 9.17) is 0 Å². The zero-order valence-electron chi connectivity index (χ0n) is 11.8. The smallest absolute Gasteiger partial charge is 0.230 e. The summed E-state index contributed by atoms with van der Waals surface area (Å²) < 4.78 is 0. The highest BCUT2D eigenvalue weighted by Gasteiger charge is 2.23. The maximum atomic E-state index is 11.8. The summed E-state index contributed by atoms with van der Waals surface area (Å²) in [7, 11) is 0. The Hall–Kier alpha value is -1.00. The zero-order chi connectivity index (χ0) is 14.2. The molecule has 1 saturated carbocycles. The van der Waals surface area contributed by atoms with E-state index in [2.05, 4.69) is 17.4 Å². The van der Waals surface area contributed by atoms with Gasteiger partial charge in [-0.05, 0) is 18.4 Å². The summed E-state index contributed by atoms with van der Waals surface area (Å²) in [6, 6.07) is 10.2. The molecule has 0 heterocycles. The lowest BCUT2D eigenvalue weighted by Gasteiger charge is -2.27. The average molecular weight is 293 g/mol. The highest BCUT2D eigenvalue weighted by Crippen LogP contribution is 2.23. The van der Waals surface area contributed by atoms with E-state index in [1.54, 1.807) is 11.8 Å². The van der Waals surface area contributed by atoms with Crippen molar-refractivity contribution in [3.05, 3.63) is 35.9 Å². The van der Waals surface area contributed by atoms with E-state index < -0.39 is 0 Å². The van der Waals surface area contributed by atoms with Gasteiger partial charge in [0.25, 0.3) is 0 Å². The minimum Gasteiger partial charge on any atom is -0.393 e. The Balaban J connectivity index is 1.60. The molecule has 1 aliphatic carbocycles. The summed E-state index contributed by atoms with van der Waals surface area (Å²) in [5, 5.41) is 12.8. The Morgan fingerprint density at radius 3 is 2.75 bits per heavy atom. The van der Waals surface area contributed by atoms with Crippen molar-refractivity contribution in [2.75, 3.05) is 12.3 Å². The highest BCUT2D eigenvalue weighted by molar-refractivity contribution is 7.99. The van der Waals surface area contributed by atoms with E-state index in [1.807, 2.05) is 18.2 Å². The van der Waals surface area contributed by atoms with Gasteiger partial charge in [-0.25, -0.2) is 0 Å². The third kappa shape index (κ3) is 5.17. The molecule has 0 aliphatic heterocycles. The fourth-order valence-electron chi connectivity index (χ4n) is 2.56. The van der Waals surface area contributed by atoms with Gasteiger partial charge in [-0.2, -0.15) is 0 Å². The first-order valence-electron chi connectivity index (χ1n) is 7.32. The molecule has 2 atom stereocenters. The SMILES string of the molecule is O=C(CSCc1ccccc1)NCC1CCCCC1O. The number of nitrogens with one attached hydrogen (secondary N) is 1. The lowest BCUT2D eigenvalue weighted by Crippen LogP contribution is -2.37. The van der Waals surface area contributed by atoms with Gasteiger partial charge in [-0.1, -0.05) is 43.2 Å². The number of carbonyl (C=O) groups excluding carboxylic acids is 1. The van der Waals surface area contributed by atoms with Crippen LogP contribution in [0.1, 0.15) is 31.2 Å². The number of amides is 1. The Morgan fingerprint density at radius 2 is 2.00 bits per heavy atom. The number of hydrogen-bond donors (Lipinski definition) is 2. The molecule has 0 saturated heterocycles. The Bertz CT molecular complexity index is 410. The molecule has 1 aromatic rings. The van der Waals surface area contributed by atoms with Gasteiger partial charge in [0.2, 0.25) is 5.91 Å². The van der Waals surface area contributed by atoms with Gasteiger partial charge in [-0.3, -0.25) is 4.79 Å². The molecule has 110 valence electrons. The molecule has 1 aliphatic rings. The van der Waals surface area contributed by atoms with Crippen molar-refractivity contribution in [2.24, 2.45) is 5.92 Å². The van der Waals surface area contributed by atoms with Gasteiger partial charge in [0, 0.05) is 18.2 Å². The van der Waals surface area contributed by atoms with Crippen LogP contribution >= 0.6 is 11.8 Å². The Morgan fingerprint density at radius 1 is 1.25 bits per heavy atom. The Kier molecular flexibility index (Phi) is 6.40. The largest absolute Gasteiger partial charge is 0.393 e. The first-order valence-corrected chi connectivity index (χ1v) is 8.47. The minimum atomic E-state index is -0.235. The molecule has 0 aromatic heterocycles. The second kappa shape index (κ2) is 8.32. The second-order valence-electron chi connectivity index (χ2n) is 5.39. The minimum absolute atomic E-state index is 0.0729. The molecule has 2 unspecified atom stereocenters. The number of thioether (sulfide) groups is 1. The van der Waals surface area contributed by atoms with E-state index in [0.717, 1.165) is 25.0 Å². The Labute approximate surface area is 125 Å². The van der Waals surface area contributed by atoms with Gasteiger partial charge in [-0.15, -0.1) is 11.8 Å². The summed E-state index contributed by atoms with van der Waals surface area (Å²) in [6.07, 6.45) is 3.95. The fraction of sp³-hybridized carbons (Fsp3) is 0.562. The molecule has 3 nitrogen and oxygen atoms in total. The average Bonchev–Trinajstić information content (AvgIpc) is 2.47. The van der Waals surface area contributed by atoms with Gasteiger partial charge in [0.05, 0.1) is 11.9 Å². The first kappa shape index (κ1) is 15.4. The summed E-state index contributed by atoms with van der Waals surface area (Å²) in [4.78, 5) is 11.8. The molecule has 1 aromatic carbocycles. The second-order valence-corrected chi connectivity index (χ2v) is 6.38. The van der Waals surface area contributed by atoms with E-state index in [0.29, 0.717) is 12.3 Å². The van der Waals surface area contributed by atoms with Gasteiger partial charge >= 0.3 is 0 Å². The maximum Gasteiger partial charge on any atom is 0.230 e. The number of rotatable bonds is 6. The standard InChI is InChI=1S/C16H23NO2S/c18-15-9-5-4-8-14(15)10-17-16(19)12-20-11-13-6-2-1-3-7-13/h1-3,6-7,14-15,18H,4-5,8-12H2,(H,17,19). The molecule has 2 N–H and O–H groups in total. The number of aliphatic hydroxyl groups excluding tert-OH is 1. The molecule has 20 heavy (non-hydrogen) atoms. The first-order chi connectivity index (χ1) is 9.75. The van der Waals surface area contributed by atoms with E-state index >= 15 is 0 Å². The summed E-state index contributed by atoms with van der Waals surface area (Å²) >= 11 is 1.63. The van der Waals surface area contributed by atoms with Gasteiger partial charge in [0.1, 0.15) is 0 Å². The molecule has 0 spiro atoms. The van der Waals surface area contributed by atoms with Crippen LogP contribution in [-0.4, -0.2) is 29.4 Å². The number of benzene rings is 1. The van der Waals surface area contributed by atoms with Crippen LogP contribution in [0.4, 0.5) is 0 Å². The maximum absolute atomic E-state index is 11.8. The molecule has 2 rings (SSSR count). The molecule has 0 bridgehead atoms. The van der Waals surface area contributed by atoms with Crippen molar-refractivity contribution in [1.82, 2.24) is 5.32 Å². The molecular formula is C16H23NO2S. The van der Waals surface area contributed by atoms with Crippen LogP contribution in [0.3, 0.4) is 0 Å². The van der Waals surface area contributed by atoms with Crippen molar-refractivity contribution in [3.63, 3.8) is 0 Å². The topological polar surface area (TPSA) is 49.3 Å². The van der Waals surface area contributed by atoms with Gasteiger partial charge < -0.3 is 10.4 Å². The molecule has 1 amide bonds. The van der Waals surface area contributed by atoms with Crippen molar-refractivity contribution in [2.45, 2.75) is 37.5 Å². The quantitative estimate of drug-likeness (QED) is 0.847. The third-order valence-corrected chi connectivity index (χ3v) is 4.78. The fourth-order valence-corrected chi connectivity index (χ4v) is 3.38. The van der Waals surface area contributed by atoms with Crippen molar-refractivity contribution >= 4 is 17.7 Å². The van der Waals surface area contributed by atoms with E-state index in [-0.39, 0.29) is 17.9 Å².